The number of amides is 1. The van der Waals surface area contributed by atoms with Gasteiger partial charge in [0.25, 0.3) is 21.6 Å². The van der Waals surface area contributed by atoms with Crippen LogP contribution in [-0.2, 0) is 16.4 Å². The number of nitro groups is 1. The molecule has 0 fully saturated rings. The Hall–Kier alpha value is -2.95. The van der Waals surface area contributed by atoms with Crippen molar-refractivity contribution < 1.29 is 18.1 Å². The summed E-state index contributed by atoms with van der Waals surface area (Å²) in [5.74, 6) is -0.789. The van der Waals surface area contributed by atoms with Gasteiger partial charge in [0.05, 0.1) is 26.2 Å². The summed E-state index contributed by atoms with van der Waals surface area (Å²) in [4.78, 5) is 23.4. The third kappa shape index (κ3) is 4.59. The van der Waals surface area contributed by atoms with Crippen LogP contribution in [0.5, 0.6) is 0 Å². The summed E-state index contributed by atoms with van der Waals surface area (Å²) >= 11 is 9.41. The average molecular weight is 551 g/mol. The third-order valence-corrected chi connectivity index (χ3v) is 7.87. The lowest BCUT2D eigenvalue weighted by atomic mass is 10.0. The molecule has 0 bridgehead atoms. The lowest BCUT2D eigenvalue weighted by Gasteiger charge is -2.30. The molecule has 11 heteroatoms. The van der Waals surface area contributed by atoms with Crippen LogP contribution in [-0.4, -0.2) is 25.8 Å². The number of anilines is 2. The van der Waals surface area contributed by atoms with Crippen molar-refractivity contribution in [2.75, 3.05) is 16.2 Å². The molecule has 170 valence electrons. The van der Waals surface area contributed by atoms with E-state index < -0.39 is 20.9 Å². The summed E-state index contributed by atoms with van der Waals surface area (Å²) in [7, 11) is -3.94. The lowest BCUT2D eigenvalue weighted by Crippen LogP contribution is -2.35. The van der Waals surface area contributed by atoms with Gasteiger partial charge in [-0.05, 0) is 54.8 Å². The van der Waals surface area contributed by atoms with Gasteiger partial charge < -0.3 is 5.32 Å². The molecule has 0 saturated carbocycles. The van der Waals surface area contributed by atoms with Gasteiger partial charge in [0.1, 0.15) is 5.56 Å². The third-order valence-electron chi connectivity index (χ3n) is 5.24. The first-order valence-electron chi connectivity index (χ1n) is 9.84. The Kier molecular flexibility index (Phi) is 6.42. The number of carbonyl (C=O) groups excluding carboxylic acids is 1. The zero-order valence-electron chi connectivity index (χ0n) is 17.0. The van der Waals surface area contributed by atoms with E-state index in [0.717, 1.165) is 12.0 Å². The predicted octanol–water partition coefficient (Wildman–Crippen LogP) is 5.40. The van der Waals surface area contributed by atoms with Crippen molar-refractivity contribution in [3.8, 4) is 0 Å². The molecule has 0 saturated heterocycles. The molecule has 0 radical (unpaired) electrons. The maximum atomic E-state index is 13.4. The summed E-state index contributed by atoms with van der Waals surface area (Å²) in [5, 5.41) is 13.9. The minimum Gasteiger partial charge on any atom is -0.320 e. The second-order valence-electron chi connectivity index (χ2n) is 7.32. The molecule has 4 rings (SSSR count). The highest BCUT2D eigenvalue weighted by atomic mass is 79.9. The van der Waals surface area contributed by atoms with Crippen molar-refractivity contribution in [1.29, 1.82) is 0 Å². The van der Waals surface area contributed by atoms with Crippen LogP contribution in [0.15, 0.2) is 70.0 Å². The van der Waals surface area contributed by atoms with Crippen LogP contribution in [0.25, 0.3) is 0 Å². The molecule has 33 heavy (non-hydrogen) atoms. The van der Waals surface area contributed by atoms with Gasteiger partial charge in [-0.15, -0.1) is 0 Å². The monoisotopic (exact) mass is 549 g/mol. The van der Waals surface area contributed by atoms with E-state index in [1.54, 1.807) is 12.1 Å². The van der Waals surface area contributed by atoms with E-state index in [4.69, 9.17) is 11.6 Å². The molecular formula is C22H17BrClN3O5S. The molecule has 0 spiro atoms. The average Bonchev–Trinajstić information content (AvgIpc) is 2.79. The Labute approximate surface area is 203 Å². The van der Waals surface area contributed by atoms with Crippen molar-refractivity contribution in [3.63, 3.8) is 0 Å². The van der Waals surface area contributed by atoms with Gasteiger partial charge in [0.15, 0.2) is 0 Å². The van der Waals surface area contributed by atoms with E-state index in [1.165, 1.54) is 40.7 Å². The first-order chi connectivity index (χ1) is 15.7. The van der Waals surface area contributed by atoms with E-state index >= 15 is 0 Å². The largest absolute Gasteiger partial charge is 0.320 e. The van der Waals surface area contributed by atoms with Gasteiger partial charge in [-0.2, -0.15) is 0 Å². The maximum absolute atomic E-state index is 13.4. The smallest absolute Gasteiger partial charge is 0.282 e. The highest BCUT2D eigenvalue weighted by Crippen LogP contribution is 2.34. The highest BCUT2D eigenvalue weighted by molar-refractivity contribution is 9.10. The van der Waals surface area contributed by atoms with Crippen LogP contribution in [0, 0.1) is 10.1 Å². The van der Waals surface area contributed by atoms with E-state index in [2.05, 4.69) is 21.2 Å². The fourth-order valence-electron chi connectivity index (χ4n) is 3.68. The Bertz CT molecular complexity index is 1380. The minimum atomic E-state index is -3.94. The van der Waals surface area contributed by atoms with Crippen molar-refractivity contribution in [2.45, 2.75) is 17.7 Å². The van der Waals surface area contributed by atoms with E-state index in [9.17, 15) is 23.3 Å². The predicted molar refractivity (Wildman–Crippen MR) is 129 cm³/mol. The Balaban J connectivity index is 1.69. The van der Waals surface area contributed by atoms with Crippen molar-refractivity contribution in [2.24, 2.45) is 0 Å². The van der Waals surface area contributed by atoms with E-state index in [-0.39, 0.29) is 26.9 Å². The highest BCUT2D eigenvalue weighted by Gasteiger charge is 2.30. The quantitative estimate of drug-likeness (QED) is 0.338. The van der Waals surface area contributed by atoms with Crippen LogP contribution in [0.4, 0.5) is 17.1 Å². The Morgan fingerprint density at radius 3 is 2.64 bits per heavy atom. The fourth-order valence-corrected chi connectivity index (χ4v) is 5.77. The molecule has 1 heterocycles. The number of aryl methyl sites for hydroxylation is 1. The number of para-hydroxylation sites is 1. The molecule has 0 atom stereocenters. The van der Waals surface area contributed by atoms with Crippen LogP contribution in [0.3, 0.4) is 0 Å². The molecule has 3 aromatic carbocycles. The Morgan fingerprint density at radius 2 is 1.88 bits per heavy atom. The van der Waals surface area contributed by atoms with Crippen LogP contribution in [0.1, 0.15) is 22.3 Å². The number of hydrogen-bond acceptors (Lipinski definition) is 5. The van der Waals surface area contributed by atoms with Gasteiger partial charge in [0.2, 0.25) is 0 Å². The number of fused-ring (bicyclic) bond motifs is 1. The van der Waals surface area contributed by atoms with Gasteiger partial charge in [-0.1, -0.05) is 45.7 Å². The first-order valence-corrected chi connectivity index (χ1v) is 12.4. The maximum Gasteiger partial charge on any atom is 0.282 e. The van der Waals surface area contributed by atoms with Gasteiger partial charge >= 0.3 is 0 Å². The zero-order chi connectivity index (χ0) is 23.8. The molecule has 8 nitrogen and oxygen atoms in total. The number of nitro benzene ring substituents is 1. The number of halogens is 2. The normalized spacial score (nSPS) is 13.3. The summed E-state index contributed by atoms with van der Waals surface area (Å²) < 4.78 is 28.7. The van der Waals surface area contributed by atoms with Crippen molar-refractivity contribution in [3.05, 3.63) is 91.4 Å². The standard InChI is InChI=1S/C22H17BrClN3O5S/c23-15-7-10-21(27(29)30)17(12-15)22(28)25-19-13-16(8-9-18(19)24)33(31,32)26-11-3-5-14-4-1-2-6-20(14)26/h1-2,4,6-10,12-13H,3,5,11H2,(H,25,28). The number of nitrogens with zero attached hydrogens (tertiary/aromatic N) is 2. The van der Waals surface area contributed by atoms with Crippen LogP contribution < -0.4 is 9.62 Å². The van der Waals surface area contributed by atoms with Gasteiger partial charge in [0, 0.05) is 17.1 Å². The number of hydrogen-bond donors (Lipinski definition) is 1. The topological polar surface area (TPSA) is 110 Å². The molecule has 1 N–H and O–H groups in total. The van der Waals surface area contributed by atoms with Crippen molar-refractivity contribution >= 4 is 60.5 Å². The van der Waals surface area contributed by atoms with Crippen molar-refractivity contribution in [1.82, 2.24) is 0 Å². The van der Waals surface area contributed by atoms with Crippen LogP contribution in [0.2, 0.25) is 5.02 Å². The number of carbonyl (C=O) groups is 1. The molecule has 1 amide bonds. The summed E-state index contributed by atoms with van der Waals surface area (Å²) in [6.07, 6.45) is 1.47. The second kappa shape index (κ2) is 9.12. The number of sulfonamides is 1. The number of benzene rings is 3. The molecule has 3 aromatic rings. The fraction of sp³-hybridized carbons (Fsp3) is 0.136. The molecule has 1 aliphatic rings. The van der Waals surface area contributed by atoms with E-state index in [1.807, 2.05) is 12.1 Å². The molecule has 0 aromatic heterocycles. The molecule has 0 aliphatic carbocycles. The molecule has 0 unspecified atom stereocenters. The zero-order valence-corrected chi connectivity index (χ0v) is 20.2. The minimum absolute atomic E-state index is 0.0299. The van der Waals surface area contributed by atoms with Gasteiger partial charge in [-0.25, -0.2) is 8.42 Å². The van der Waals surface area contributed by atoms with E-state index in [0.29, 0.717) is 23.1 Å². The molecule has 1 aliphatic heterocycles. The summed E-state index contributed by atoms with van der Waals surface area (Å²) in [5.41, 5.74) is 1.01. The number of nitrogens with one attached hydrogen (secondary N) is 1. The second-order valence-corrected chi connectivity index (χ2v) is 10.5. The summed E-state index contributed by atoms with van der Waals surface area (Å²) in [6.45, 7) is 0.327. The van der Waals surface area contributed by atoms with Gasteiger partial charge in [-0.3, -0.25) is 19.2 Å². The SMILES string of the molecule is O=C(Nc1cc(S(=O)(=O)N2CCCc3ccccc32)ccc1Cl)c1cc(Br)ccc1[N+](=O)[O-]. The number of rotatable bonds is 5. The lowest BCUT2D eigenvalue weighted by molar-refractivity contribution is -0.385. The Morgan fingerprint density at radius 1 is 1.12 bits per heavy atom. The summed E-state index contributed by atoms with van der Waals surface area (Å²) in [6, 6.07) is 15.3. The first kappa shape index (κ1) is 23.2. The van der Waals surface area contributed by atoms with Crippen LogP contribution >= 0.6 is 27.5 Å². The molecular weight excluding hydrogens is 534 g/mol.